The zero-order valence-corrected chi connectivity index (χ0v) is 18.0. The van der Waals surface area contributed by atoms with Gasteiger partial charge in [-0.3, -0.25) is 9.78 Å². The van der Waals surface area contributed by atoms with Gasteiger partial charge in [0.25, 0.3) is 15.7 Å². The Morgan fingerprint density at radius 3 is 2.03 bits per heavy atom. The number of aryl methyl sites for hydroxylation is 1. The van der Waals surface area contributed by atoms with Crippen molar-refractivity contribution in [3.63, 3.8) is 0 Å². The summed E-state index contributed by atoms with van der Waals surface area (Å²) in [6.45, 7) is 2.53. The normalized spacial score (nSPS) is 11.9. The summed E-state index contributed by atoms with van der Waals surface area (Å²) in [6.07, 6.45) is 4.12. The lowest BCUT2D eigenvalue weighted by Crippen LogP contribution is -2.30. The molecule has 0 spiro atoms. The van der Waals surface area contributed by atoms with E-state index in [1.54, 1.807) is 18.5 Å². The fraction of sp³-hybridized carbons (Fsp3) is 0.217. The summed E-state index contributed by atoms with van der Waals surface area (Å²) in [6, 6.07) is 15.1. The maximum Gasteiger partial charge on any atom is 0.501 e. The highest BCUT2D eigenvalue weighted by Crippen LogP contribution is 2.30. The zero-order valence-electron chi connectivity index (χ0n) is 17.2. The third-order valence-electron chi connectivity index (χ3n) is 4.90. The summed E-state index contributed by atoms with van der Waals surface area (Å²) in [7, 11) is -5.48. The molecule has 1 aromatic heterocycles. The number of carbonyl (C=O) groups excluding carboxylic acids is 1. The highest BCUT2D eigenvalue weighted by atomic mass is 32.2. The van der Waals surface area contributed by atoms with Crippen LogP contribution in [0.4, 0.5) is 13.2 Å². The molecule has 0 saturated carbocycles. The average molecular weight is 462 g/mol. The topological polar surface area (TPSA) is 67.3 Å². The van der Waals surface area contributed by atoms with Crippen LogP contribution in [0.5, 0.6) is 0 Å². The first kappa shape index (κ1) is 23.5. The highest BCUT2D eigenvalue weighted by molar-refractivity contribution is 7.92. The largest absolute Gasteiger partial charge is 0.501 e. The Hall–Kier alpha value is -3.20. The van der Waals surface area contributed by atoms with Gasteiger partial charge >= 0.3 is 5.51 Å². The molecule has 3 rings (SSSR count). The third-order valence-corrected chi connectivity index (χ3v) is 6.41. The molecule has 2 aromatic carbocycles. The van der Waals surface area contributed by atoms with Gasteiger partial charge in [-0.1, -0.05) is 37.3 Å². The molecule has 0 aliphatic heterocycles. The van der Waals surface area contributed by atoms with Gasteiger partial charge in [-0.15, -0.1) is 0 Å². The first-order valence-electron chi connectivity index (χ1n) is 9.79. The molecule has 0 aliphatic carbocycles. The second kappa shape index (κ2) is 9.52. The molecule has 9 heteroatoms. The molecule has 168 valence electrons. The number of halogens is 3. The lowest BCUT2D eigenvalue weighted by Gasteiger charge is -2.23. The molecular weight excluding hydrogens is 441 g/mol. The third kappa shape index (κ3) is 5.34. The van der Waals surface area contributed by atoms with E-state index in [-0.39, 0.29) is 18.7 Å². The Morgan fingerprint density at radius 1 is 0.906 bits per heavy atom. The first-order chi connectivity index (χ1) is 15.1. The van der Waals surface area contributed by atoms with E-state index in [2.05, 4.69) is 4.98 Å². The number of aromatic nitrogens is 1. The van der Waals surface area contributed by atoms with Crippen LogP contribution in [0.1, 0.15) is 34.0 Å². The van der Waals surface area contributed by atoms with Crippen molar-refractivity contribution in [1.82, 2.24) is 9.88 Å². The SMILES string of the molecule is CCc1ccc(CN(Cc2cccnc2)C(=O)c2ccc(S(=O)(=O)C(F)(F)F)cc2)cc1. The van der Waals surface area contributed by atoms with E-state index in [0.717, 1.165) is 47.4 Å². The van der Waals surface area contributed by atoms with E-state index >= 15 is 0 Å². The van der Waals surface area contributed by atoms with E-state index in [0.29, 0.717) is 0 Å². The number of alkyl halides is 3. The number of carbonyl (C=O) groups is 1. The summed E-state index contributed by atoms with van der Waals surface area (Å²) in [5.74, 6) is -0.440. The van der Waals surface area contributed by atoms with Gasteiger partial charge < -0.3 is 4.90 Å². The second-order valence-corrected chi connectivity index (χ2v) is 9.11. The van der Waals surface area contributed by atoms with Crippen molar-refractivity contribution < 1.29 is 26.4 Å². The summed E-state index contributed by atoms with van der Waals surface area (Å²) < 4.78 is 61.5. The molecule has 32 heavy (non-hydrogen) atoms. The van der Waals surface area contributed by atoms with E-state index < -0.39 is 26.1 Å². The van der Waals surface area contributed by atoms with Crippen molar-refractivity contribution in [2.45, 2.75) is 36.8 Å². The number of amides is 1. The Morgan fingerprint density at radius 2 is 1.50 bits per heavy atom. The van der Waals surface area contributed by atoms with Crippen LogP contribution in [-0.2, 0) is 29.3 Å². The highest BCUT2D eigenvalue weighted by Gasteiger charge is 2.46. The maximum absolute atomic E-state index is 13.2. The Labute approximate surface area is 184 Å². The van der Waals surface area contributed by atoms with Gasteiger partial charge in [0.2, 0.25) is 0 Å². The first-order valence-corrected chi connectivity index (χ1v) is 11.3. The zero-order chi connectivity index (χ0) is 23.4. The van der Waals surface area contributed by atoms with Gasteiger partial charge in [0.05, 0.1) is 4.90 Å². The van der Waals surface area contributed by atoms with Crippen molar-refractivity contribution in [2.24, 2.45) is 0 Å². The summed E-state index contributed by atoms with van der Waals surface area (Å²) in [5.41, 5.74) is -2.51. The predicted molar refractivity (Wildman–Crippen MR) is 113 cm³/mol. The molecule has 0 N–H and O–H groups in total. The lowest BCUT2D eigenvalue weighted by atomic mass is 10.1. The van der Waals surface area contributed by atoms with E-state index in [4.69, 9.17) is 0 Å². The maximum atomic E-state index is 13.2. The predicted octanol–water partition coefficient (Wildman–Crippen LogP) is 4.78. The number of sulfone groups is 1. The van der Waals surface area contributed by atoms with E-state index in [1.165, 1.54) is 4.90 Å². The smallest absolute Gasteiger partial charge is 0.330 e. The number of rotatable bonds is 7. The van der Waals surface area contributed by atoms with Gasteiger partial charge in [0.15, 0.2) is 0 Å². The summed E-state index contributed by atoms with van der Waals surface area (Å²) in [4.78, 5) is 17.8. The molecule has 0 aliphatic rings. The number of hydrogen-bond donors (Lipinski definition) is 0. The Kier molecular flexibility index (Phi) is 6.98. The molecule has 5 nitrogen and oxygen atoms in total. The van der Waals surface area contributed by atoms with Crippen LogP contribution >= 0.6 is 0 Å². The summed E-state index contributed by atoms with van der Waals surface area (Å²) >= 11 is 0. The number of hydrogen-bond acceptors (Lipinski definition) is 4. The van der Waals surface area contributed by atoms with Gasteiger partial charge in [0, 0.05) is 31.0 Å². The Bertz CT molecular complexity index is 1160. The molecular formula is C23H21F3N2O3S. The molecule has 1 heterocycles. The minimum absolute atomic E-state index is 0.0835. The Balaban J connectivity index is 1.88. The van der Waals surface area contributed by atoms with Crippen LogP contribution in [0.25, 0.3) is 0 Å². The van der Waals surface area contributed by atoms with Gasteiger partial charge in [-0.2, -0.15) is 13.2 Å². The summed E-state index contributed by atoms with van der Waals surface area (Å²) in [5, 5.41) is 0. The van der Waals surface area contributed by atoms with Crippen LogP contribution in [0.3, 0.4) is 0 Å². The fourth-order valence-electron chi connectivity index (χ4n) is 3.11. The molecule has 0 unspecified atom stereocenters. The van der Waals surface area contributed by atoms with E-state index in [1.807, 2.05) is 37.3 Å². The minimum Gasteiger partial charge on any atom is -0.330 e. The quantitative estimate of drug-likeness (QED) is 0.507. The van der Waals surface area contributed by atoms with Crippen LogP contribution < -0.4 is 0 Å². The monoisotopic (exact) mass is 462 g/mol. The van der Waals surface area contributed by atoms with Crippen molar-refractivity contribution >= 4 is 15.7 Å². The molecule has 0 fully saturated rings. The van der Waals surface area contributed by atoms with Crippen LogP contribution in [-0.4, -0.2) is 29.7 Å². The number of nitrogens with zero attached hydrogens (tertiary/aromatic N) is 2. The second-order valence-electron chi connectivity index (χ2n) is 7.17. The van der Waals surface area contributed by atoms with Gasteiger partial charge in [-0.05, 0) is 53.4 Å². The molecule has 0 radical (unpaired) electrons. The standard InChI is InChI=1S/C23H21F3N2O3S/c1-2-17-5-7-18(8-6-17)15-28(16-19-4-3-13-27-14-19)22(29)20-9-11-21(12-10-20)32(30,31)23(24,25)26/h3-14H,2,15-16H2,1H3. The van der Waals surface area contributed by atoms with Crippen molar-refractivity contribution in [2.75, 3.05) is 0 Å². The van der Waals surface area contributed by atoms with Gasteiger partial charge in [-0.25, -0.2) is 8.42 Å². The average Bonchev–Trinajstić information content (AvgIpc) is 2.78. The number of benzene rings is 2. The van der Waals surface area contributed by atoms with Crippen molar-refractivity contribution in [3.8, 4) is 0 Å². The van der Waals surface area contributed by atoms with Crippen molar-refractivity contribution in [3.05, 3.63) is 95.3 Å². The van der Waals surface area contributed by atoms with Gasteiger partial charge in [0.1, 0.15) is 0 Å². The molecule has 3 aromatic rings. The molecule has 0 bridgehead atoms. The van der Waals surface area contributed by atoms with Crippen LogP contribution in [0.2, 0.25) is 0 Å². The van der Waals surface area contributed by atoms with Crippen molar-refractivity contribution in [1.29, 1.82) is 0 Å². The van der Waals surface area contributed by atoms with Crippen LogP contribution in [0, 0.1) is 0 Å². The fourth-order valence-corrected chi connectivity index (χ4v) is 3.87. The van der Waals surface area contributed by atoms with E-state index in [9.17, 15) is 26.4 Å². The molecule has 0 atom stereocenters. The van der Waals surface area contributed by atoms with Crippen LogP contribution in [0.15, 0.2) is 78.0 Å². The number of pyridine rings is 1. The minimum atomic E-state index is -5.48. The molecule has 1 amide bonds. The lowest BCUT2D eigenvalue weighted by molar-refractivity contribution is -0.0436. The molecule has 0 saturated heterocycles.